The first-order chi connectivity index (χ1) is 16.7. The first kappa shape index (κ1) is 21.3. The number of aromatic nitrogens is 5. The third-order valence-corrected chi connectivity index (χ3v) is 5.68. The number of hydrogen-bond donors (Lipinski definition) is 2. The SMILES string of the molecule is O=C(CC/C=C/c1ccc2c(-c3ccc[nH]3)n[nH]c2c1)c1cccn(Cc2cccnc2)c1=O. The van der Waals surface area contributed by atoms with Gasteiger partial charge in [-0.05, 0) is 60.0 Å². The van der Waals surface area contributed by atoms with Crippen LogP contribution in [0.15, 0.2) is 90.3 Å². The zero-order valence-electron chi connectivity index (χ0n) is 18.4. The highest BCUT2D eigenvalue weighted by atomic mass is 16.1. The molecule has 0 atom stereocenters. The Morgan fingerprint density at radius 1 is 1.09 bits per heavy atom. The van der Waals surface area contributed by atoms with Crippen LogP contribution in [-0.2, 0) is 6.54 Å². The van der Waals surface area contributed by atoms with Gasteiger partial charge in [0.2, 0.25) is 0 Å². The summed E-state index contributed by atoms with van der Waals surface area (Å²) < 4.78 is 1.54. The monoisotopic (exact) mass is 449 g/mol. The molecule has 0 amide bonds. The number of rotatable bonds is 8. The minimum Gasteiger partial charge on any atom is -0.360 e. The van der Waals surface area contributed by atoms with Crippen molar-refractivity contribution in [1.29, 1.82) is 0 Å². The number of H-pyrrole nitrogens is 2. The lowest BCUT2D eigenvalue weighted by atomic mass is 10.1. The number of ketones is 1. The second kappa shape index (κ2) is 9.54. The fourth-order valence-electron chi connectivity index (χ4n) is 3.95. The summed E-state index contributed by atoms with van der Waals surface area (Å²) in [6.45, 7) is 0.384. The Morgan fingerprint density at radius 2 is 2.03 bits per heavy atom. The van der Waals surface area contributed by atoms with E-state index < -0.39 is 0 Å². The molecule has 2 N–H and O–H groups in total. The van der Waals surface area contributed by atoms with Gasteiger partial charge in [0.1, 0.15) is 5.69 Å². The highest BCUT2D eigenvalue weighted by Gasteiger charge is 2.12. The van der Waals surface area contributed by atoms with Crippen molar-refractivity contribution in [3.05, 3.63) is 113 Å². The van der Waals surface area contributed by atoms with Crippen molar-refractivity contribution in [2.75, 3.05) is 0 Å². The van der Waals surface area contributed by atoms with Crippen molar-refractivity contribution in [3.8, 4) is 11.4 Å². The van der Waals surface area contributed by atoms with E-state index in [4.69, 9.17) is 0 Å². The van der Waals surface area contributed by atoms with Gasteiger partial charge in [-0.25, -0.2) is 0 Å². The number of carbonyl (C=O) groups is 1. The molecule has 0 aliphatic heterocycles. The Morgan fingerprint density at radius 3 is 2.85 bits per heavy atom. The van der Waals surface area contributed by atoms with E-state index in [0.29, 0.717) is 13.0 Å². The zero-order chi connectivity index (χ0) is 23.3. The second-order valence-electron chi connectivity index (χ2n) is 8.04. The lowest BCUT2D eigenvalue weighted by Gasteiger charge is -2.07. The molecule has 4 heterocycles. The highest BCUT2D eigenvalue weighted by molar-refractivity contribution is 5.96. The van der Waals surface area contributed by atoms with Crippen molar-refractivity contribution in [2.24, 2.45) is 0 Å². The standard InChI is InChI=1S/C27H23N5O2/c33-25(22-8-5-15-32(27(22)34)18-20-7-3-13-28-17-20)10-2-1-6-19-11-12-21-24(16-19)30-31-26(21)23-9-4-14-29-23/h1,3-9,11-17,29H,2,10,18H2,(H,30,31)/b6-1+. The molecule has 0 aliphatic rings. The van der Waals surface area contributed by atoms with E-state index in [1.54, 1.807) is 35.3 Å². The van der Waals surface area contributed by atoms with Crippen LogP contribution in [0.4, 0.5) is 0 Å². The maximum atomic E-state index is 12.8. The van der Waals surface area contributed by atoms with E-state index in [0.717, 1.165) is 33.4 Å². The topological polar surface area (TPSA) is 96.4 Å². The van der Waals surface area contributed by atoms with Gasteiger partial charge in [-0.1, -0.05) is 24.3 Å². The van der Waals surface area contributed by atoms with Crippen molar-refractivity contribution in [1.82, 2.24) is 24.7 Å². The minimum atomic E-state index is -0.275. The number of pyridine rings is 2. The van der Waals surface area contributed by atoms with Crippen LogP contribution in [-0.4, -0.2) is 30.5 Å². The third kappa shape index (κ3) is 4.49. The molecule has 5 rings (SSSR count). The van der Waals surface area contributed by atoms with Gasteiger partial charge >= 0.3 is 0 Å². The second-order valence-corrected chi connectivity index (χ2v) is 8.04. The van der Waals surface area contributed by atoms with E-state index >= 15 is 0 Å². The molecule has 5 aromatic rings. The summed E-state index contributed by atoms with van der Waals surface area (Å²) in [5, 5.41) is 8.53. The largest absolute Gasteiger partial charge is 0.360 e. The minimum absolute atomic E-state index is 0.158. The number of carbonyl (C=O) groups excluding carboxylic acids is 1. The van der Waals surface area contributed by atoms with Crippen molar-refractivity contribution in [2.45, 2.75) is 19.4 Å². The molecule has 7 heteroatoms. The Kier molecular flexibility index (Phi) is 5.99. The van der Waals surface area contributed by atoms with Crippen LogP contribution < -0.4 is 5.56 Å². The molecule has 1 aromatic carbocycles. The first-order valence-corrected chi connectivity index (χ1v) is 11.1. The lowest BCUT2D eigenvalue weighted by molar-refractivity contribution is 0.0981. The van der Waals surface area contributed by atoms with E-state index in [1.165, 1.54) is 0 Å². The number of fused-ring (bicyclic) bond motifs is 1. The van der Waals surface area contributed by atoms with Gasteiger partial charge in [-0.15, -0.1) is 0 Å². The number of aromatic amines is 2. The average Bonchev–Trinajstić information content (AvgIpc) is 3.53. The molecule has 7 nitrogen and oxygen atoms in total. The van der Waals surface area contributed by atoms with E-state index in [9.17, 15) is 9.59 Å². The highest BCUT2D eigenvalue weighted by Crippen LogP contribution is 2.26. The van der Waals surface area contributed by atoms with E-state index in [2.05, 4.69) is 20.2 Å². The van der Waals surface area contributed by atoms with Crippen molar-refractivity contribution in [3.63, 3.8) is 0 Å². The molecule has 0 bridgehead atoms. The summed E-state index contributed by atoms with van der Waals surface area (Å²) in [5.41, 5.74) is 4.66. The van der Waals surface area contributed by atoms with Gasteiger partial charge in [0.25, 0.3) is 5.56 Å². The normalized spacial score (nSPS) is 11.4. The molecule has 0 unspecified atom stereocenters. The molecule has 0 radical (unpaired) electrons. The van der Waals surface area contributed by atoms with Crippen LogP contribution in [0.5, 0.6) is 0 Å². The Balaban J connectivity index is 1.23. The van der Waals surface area contributed by atoms with Crippen molar-refractivity contribution >= 4 is 22.8 Å². The van der Waals surface area contributed by atoms with Crippen LogP contribution >= 0.6 is 0 Å². The molecule has 4 aromatic heterocycles. The quantitative estimate of drug-likeness (QED) is 0.331. The Hall–Kier alpha value is -4.52. The molecular weight excluding hydrogens is 426 g/mol. The number of benzene rings is 1. The predicted octanol–water partition coefficient (Wildman–Crippen LogP) is 4.84. The summed E-state index contributed by atoms with van der Waals surface area (Å²) in [6, 6.07) is 17.1. The number of allylic oxidation sites excluding steroid dienone is 1. The molecule has 34 heavy (non-hydrogen) atoms. The van der Waals surface area contributed by atoms with Gasteiger partial charge in [-0.2, -0.15) is 5.10 Å². The van der Waals surface area contributed by atoms with Gasteiger partial charge < -0.3 is 9.55 Å². The van der Waals surface area contributed by atoms with E-state index in [-0.39, 0.29) is 23.3 Å². The van der Waals surface area contributed by atoms with Gasteiger partial charge in [0.15, 0.2) is 5.78 Å². The predicted molar refractivity (Wildman–Crippen MR) is 133 cm³/mol. The Bertz CT molecular complexity index is 1510. The fourth-order valence-corrected chi connectivity index (χ4v) is 3.95. The lowest BCUT2D eigenvalue weighted by Crippen LogP contribution is -2.26. The molecule has 0 spiro atoms. The van der Waals surface area contributed by atoms with Crippen molar-refractivity contribution < 1.29 is 4.79 Å². The molecule has 0 fully saturated rings. The van der Waals surface area contributed by atoms with Gasteiger partial charge in [0.05, 0.1) is 23.3 Å². The molecule has 0 saturated heterocycles. The molecule has 0 saturated carbocycles. The summed E-state index contributed by atoms with van der Waals surface area (Å²) in [6.07, 6.45) is 11.7. The average molecular weight is 450 g/mol. The number of nitrogens with one attached hydrogen (secondary N) is 2. The van der Waals surface area contributed by atoms with E-state index in [1.807, 2.05) is 60.8 Å². The molecule has 0 aliphatic carbocycles. The zero-order valence-corrected chi connectivity index (χ0v) is 18.4. The smallest absolute Gasteiger partial charge is 0.261 e. The van der Waals surface area contributed by atoms with Crippen LogP contribution in [0.2, 0.25) is 0 Å². The van der Waals surface area contributed by atoms with Crippen LogP contribution in [0.1, 0.15) is 34.3 Å². The fraction of sp³-hybridized carbons (Fsp3) is 0.111. The number of hydrogen-bond acceptors (Lipinski definition) is 4. The maximum absolute atomic E-state index is 12.8. The third-order valence-electron chi connectivity index (χ3n) is 5.68. The van der Waals surface area contributed by atoms with Crippen LogP contribution in [0.3, 0.4) is 0 Å². The summed E-state index contributed by atoms with van der Waals surface area (Å²) in [5.74, 6) is -0.158. The summed E-state index contributed by atoms with van der Waals surface area (Å²) in [4.78, 5) is 32.7. The van der Waals surface area contributed by atoms with Gasteiger partial charge in [-0.3, -0.25) is 19.7 Å². The van der Waals surface area contributed by atoms with Gasteiger partial charge in [0, 0.05) is 36.6 Å². The number of nitrogens with zero attached hydrogens (tertiary/aromatic N) is 3. The first-order valence-electron chi connectivity index (χ1n) is 11.1. The maximum Gasteiger partial charge on any atom is 0.261 e. The summed E-state index contributed by atoms with van der Waals surface area (Å²) >= 11 is 0. The molecule has 168 valence electrons. The number of Topliss-reactive ketones (excluding diaryl/α,β-unsaturated/α-hetero) is 1. The van der Waals surface area contributed by atoms with Crippen LogP contribution in [0.25, 0.3) is 28.4 Å². The Labute approximate surface area is 195 Å². The molecular formula is C27H23N5O2. The van der Waals surface area contributed by atoms with Crippen LogP contribution in [0, 0.1) is 0 Å². The summed E-state index contributed by atoms with van der Waals surface area (Å²) in [7, 11) is 0.